The molecule has 1 saturated heterocycles. The molecule has 0 radical (unpaired) electrons. The van der Waals surface area contributed by atoms with Gasteiger partial charge >= 0.3 is 24.0 Å². The Morgan fingerprint density at radius 2 is 1.34 bits per heavy atom. The van der Waals surface area contributed by atoms with Crippen LogP contribution >= 0.6 is 0 Å². The Balaban J connectivity index is 1.38. The Kier molecular flexibility index (Phi) is 12.2. The van der Waals surface area contributed by atoms with Crippen LogP contribution in [0.4, 0.5) is 25.9 Å². The summed E-state index contributed by atoms with van der Waals surface area (Å²) in [6.45, 7) is 18.2. The molecule has 17 nitrogen and oxygen atoms in total. The minimum Gasteiger partial charge on any atom is -0.450 e. The molecular formula is C42H54N8O9. The summed E-state index contributed by atoms with van der Waals surface area (Å²) < 4.78 is 24.7. The summed E-state index contributed by atoms with van der Waals surface area (Å²) in [5, 5.41) is 17.8. The molecule has 1 aliphatic heterocycles. The second-order valence-electron chi connectivity index (χ2n) is 17.8. The van der Waals surface area contributed by atoms with E-state index in [-0.39, 0.29) is 46.5 Å². The fourth-order valence-corrected chi connectivity index (χ4v) is 7.22. The number of piperazine rings is 1. The summed E-state index contributed by atoms with van der Waals surface area (Å²) >= 11 is 0. The van der Waals surface area contributed by atoms with Gasteiger partial charge in [0, 0.05) is 43.9 Å². The predicted molar refractivity (Wildman–Crippen MR) is 220 cm³/mol. The van der Waals surface area contributed by atoms with Crippen molar-refractivity contribution in [1.82, 2.24) is 29.5 Å². The number of hydrogen-bond donors (Lipinski definition) is 0. The highest BCUT2D eigenvalue weighted by atomic mass is 16.6. The van der Waals surface area contributed by atoms with Crippen LogP contribution in [0.3, 0.4) is 0 Å². The number of nitrogens with zero attached hydrogens (tertiary/aromatic N) is 8. The minimum absolute atomic E-state index is 0.0135. The van der Waals surface area contributed by atoms with Gasteiger partial charge in [0.1, 0.15) is 34.6 Å². The highest BCUT2D eigenvalue weighted by Gasteiger charge is 2.38. The molecule has 17 heteroatoms. The van der Waals surface area contributed by atoms with Gasteiger partial charge in [-0.3, -0.25) is 15.0 Å². The van der Waals surface area contributed by atoms with Crippen LogP contribution in [0.25, 0.3) is 22.3 Å². The molecule has 316 valence electrons. The second kappa shape index (κ2) is 16.8. The van der Waals surface area contributed by atoms with E-state index in [1.165, 1.54) is 18.5 Å². The molecule has 3 heterocycles. The van der Waals surface area contributed by atoms with Crippen LogP contribution in [0.15, 0.2) is 54.9 Å². The molecule has 4 aromatic rings. The first-order valence-corrected chi connectivity index (χ1v) is 19.9. The summed E-state index contributed by atoms with van der Waals surface area (Å²) in [5.41, 5.74) is -2.03. The summed E-state index contributed by atoms with van der Waals surface area (Å²) in [6, 6.07) is 13.3. The van der Waals surface area contributed by atoms with E-state index in [2.05, 4.69) is 14.9 Å². The number of rotatable bonds is 7. The number of ether oxygens (including phenoxy) is 4. The quantitative estimate of drug-likeness (QED) is 0.0979. The number of anilines is 1. The summed E-state index contributed by atoms with van der Waals surface area (Å²) in [7, 11) is 0. The van der Waals surface area contributed by atoms with Gasteiger partial charge < -0.3 is 23.8 Å². The largest absolute Gasteiger partial charge is 0.450 e. The summed E-state index contributed by atoms with van der Waals surface area (Å²) in [5.74, 6) is 0.280. The number of carbonyl (C=O) groups excluding carboxylic acids is 3. The van der Waals surface area contributed by atoms with Crippen molar-refractivity contribution in [3.8, 4) is 22.8 Å². The zero-order chi connectivity index (χ0) is 42.9. The maximum absolute atomic E-state index is 13.9. The Morgan fingerprint density at radius 1 is 0.763 bits per heavy atom. The van der Waals surface area contributed by atoms with E-state index in [0.717, 1.165) is 43.7 Å². The molecule has 59 heavy (non-hydrogen) atoms. The number of nitro groups is 1. The van der Waals surface area contributed by atoms with Crippen molar-refractivity contribution in [2.24, 2.45) is 0 Å². The lowest BCUT2D eigenvalue weighted by atomic mass is 9.90. The maximum Gasteiger partial charge on any atom is 0.425 e. The number of amides is 3. The molecule has 2 fully saturated rings. The molecule has 0 spiro atoms. The molecule has 2 aromatic heterocycles. The molecule has 1 saturated carbocycles. The van der Waals surface area contributed by atoms with E-state index >= 15 is 0 Å². The molecule has 3 amide bonds. The van der Waals surface area contributed by atoms with Crippen LogP contribution in [0.2, 0.25) is 0 Å². The van der Waals surface area contributed by atoms with E-state index in [1.54, 1.807) is 81.5 Å². The van der Waals surface area contributed by atoms with Crippen molar-refractivity contribution >= 4 is 40.8 Å². The van der Waals surface area contributed by atoms with Crippen LogP contribution in [-0.2, 0) is 14.2 Å². The van der Waals surface area contributed by atoms with Crippen LogP contribution in [0, 0.1) is 10.1 Å². The van der Waals surface area contributed by atoms with Gasteiger partial charge in [0.15, 0.2) is 11.5 Å². The molecule has 0 atom stereocenters. The Labute approximate surface area is 343 Å². The van der Waals surface area contributed by atoms with E-state index < -0.39 is 33.9 Å². The number of para-hydroxylation sites is 1. The van der Waals surface area contributed by atoms with Crippen LogP contribution in [0.1, 0.15) is 94.0 Å². The van der Waals surface area contributed by atoms with Gasteiger partial charge in [-0.1, -0.05) is 18.2 Å². The van der Waals surface area contributed by atoms with E-state index in [9.17, 15) is 24.5 Å². The van der Waals surface area contributed by atoms with Gasteiger partial charge in [-0.05, 0) is 112 Å². The second-order valence-corrected chi connectivity index (χ2v) is 17.8. The van der Waals surface area contributed by atoms with Crippen molar-refractivity contribution in [2.45, 2.75) is 117 Å². The molecule has 2 aromatic carbocycles. The first-order valence-electron chi connectivity index (χ1n) is 19.9. The predicted octanol–water partition coefficient (Wildman–Crippen LogP) is 8.91. The Bertz CT molecular complexity index is 2150. The van der Waals surface area contributed by atoms with Crippen LogP contribution in [0.5, 0.6) is 11.5 Å². The summed E-state index contributed by atoms with van der Waals surface area (Å²) in [6.07, 6.45) is 2.00. The zero-order valence-electron chi connectivity index (χ0n) is 35.3. The average molecular weight is 815 g/mol. The van der Waals surface area contributed by atoms with Gasteiger partial charge in [-0.25, -0.2) is 29.0 Å². The molecule has 0 unspecified atom stereocenters. The first kappa shape index (κ1) is 42.8. The first-order chi connectivity index (χ1) is 27.7. The van der Waals surface area contributed by atoms with E-state index in [1.807, 2.05) is 26.8 Å². The molecule has 1 aliphatic carbocycles. The molecule has 2 aliphatic rings. The number of imide groups is 1. The van der Waals surface area contributed by atoms with Crippen molar-refractivity contribution in [3.63, 3.8) is 0 Å². The number of carbonyl (C=O) groups is 3. The van der Waals surface area contributed by atoms with Gasteiger partial charge in [0.2, 0.25) is 5.75 Å². The normalized spacial score (nSPS) is 17.9. The molecule has 6 rings (SSSR count). The number of nitro benzene ring substituents is 1. The van der Waals surface area contributed by atoms with E-state index in [0.29, 0.717) is 30.0 Å². The van der Waals surface area contributed by atoms with Crippen molar-refractivity contribution in [1.29, 1.82) is 0 Å². The lowest BCUT2D eigenvalue weighted by Gasteiger charge is -2.42. The van der Waals surface area contributed by atoms with Gasteiger partial charge in [0.05, 0.1) is 16.4 Å². The average Bonchev–Trinajstić information content (AvgIpc) is 3.54. The molecule has 0 bridgehead atoms. The highest BCUT2D eigenvalue weighted by Crippen LogP contribution is 2.42. The number of benzene rings is 2. The third-order valence-corrected chi connectivity index (χ3v) is 9.73. The van der Waals surface area contributed by atoms with Crippen molar-refractivity contribution in [3.05, 3.63) is 65.0 Å². The zero-order valence-corrected chi connectivity index (χ0v) is 35.3. The fraction of sp³-hybridized carbons (Fsp3) is 0.524. The maximum atomic E-state index is 13.9. The van der Waals surface area contributed by atoms with Crippen LogP contribution < -0.4 is 9.64 Å². The van der Waals surface area contributed by atoms with Crippen molar-refractivity contribution in [2.75, 3.05) is 31.1 Å². The standard InChI is InChI=1S/C42H54N8O9/c1-40(2,3)57-37(51)47-23-21-46(22-24-47)28-16-18-29(19-17-28)49-36-33(35(43-26-44-36)48(38(52)58-41(4,5)6)39(53)59-42(7,8)9)34(45-49)27-15-20-32(31(25-27)50(54)55)56-30-13-11-10-12-14-30/h10-15,20,25-26,28-29H,16-19,21-24H2,1-9H3. The van der Waals surface area contributed by atoms with E-state index in [4.69, 9.17) is 24.0 Å². The van der Waals surface area contributed by atoms with Crippen molar-refractivity contribution < 1.29 is 38.3 Å². The number of fused-ring (bicyclic) bond motifs is 1. The smallest absolute Gasteiger partial charge is 0.425 e. The molecular weight excluding hydrogens is 761 g/mol. The third kappa shape index (κ3) is 10.4. The van der Waals surface area contributed by atoms with Gasteiger partial charge in [-0.2, -0.15) is 10.00 Å². The Hall–Kier alpha value is -5.84. The third-order valence-electron chi connectivity index (χ3n) is 9.73. The topological polar surface area (TPSA) is 185 Å². The lowest BCUT2D eigenvalue weighted by Crippen LogP contribution is -2.53. The SMILES string of the molecule is CC(C)(C)OC(=O)N1CCN(C2CCC(n3nc(-c4ccc(Oc5ccccc5)c([N+](=O)[O-])c4)c4c(N(C(=O)OC(C)(C)C)C(=O)OC(C)(C)C)ncnc43)CC2)CC1. The highest BCUT2D eigenvalue weighted by molar-refractivity contribution is 6.15. The van der Waals surface area contributed by atoms with Gasteiger partial charge in [0.25, 0.3) is 0 Å². The lowest BCUT2D eigenvalue weighted by molar-refractivity contribution is -0.385. The minimum atomic E-state index is -1.03. The monoisotopic (exact) mass is 814 g/mol. The number of hydrogen-bond acceptors (Lipinski definition) is 13. The van der Waals surface area contributed by atoms with Gasteiger partial charge in [-0.15, -0.1) is 0 Å². The van der Waals surface area contributed by atoms with Crippen LogP contribution in [-0.4, -0.2) is 102 Å². The molecule has 0 N–H and O–H groups in total. The Morgan fingerprint density at radius 3 is 1.90 bits per heavy atom. The fourth-order valence-electron chi connectivity index (χ4n) is 7.22. The number of aromatic nitrogens is 4. The summed E-state index contributed by atoms with van der Waals surface area (Å²) in [4.78, 5) is 66.5.